The number of aromatic nitrogens is 2. The fraction of sp³-hybridized carbons (Fsp3) is 0.500. The summed E-state index contributed by atoms with van der Waals surface area (Å²) in [5.74, 6) is 1.46. The second kappa shape index (κ2) is 12.2. The lowest BCUT2D eigenvalue weighted by molar-refractivity contribution is -0.0834. The molecule has 1 aromatic heterocycles. The molecule has 0 aliphatic carbocycles. The zero-order valence-electron chi connectivity index (χ0n) is 24.1. The van der Waals surface area contributed by atoms with E-state index in [1.165, 1.54) is 36.4 Å². The van der Waals surface area contributed by atoms with Crippen molar-refractivity contribution in [1.29, 1.82) is 0 Å². The highest BCUT2D eigenvalue weighted by atomic mass is 16.5. The quantitative estimate of drug-likeness (QED) is 0.397. The maximum atomic E-state index is 5.90. The average Bonchev–Trinajstić information content (AvgIpc) is 2.91. The van der Waals surface area contributed by atoms with Crippen LogP contribution in [0.25, 0.3) is 11.3 Å². The van der Waals surface area contributed by atoms with E-state index in [-0.39, 0.29) is 0 Å². The van der Waals surface area contributed by atoms with E-state index in [1.54, 1.807) is 0 Å². The molecule has 0 bridgehead atoms. The van der Waals surface area contributed by atoms with Gasteiger partial charge in [0.1, 0.15) is 0 Å². The molecule has 2 aromatic carbocycles. The zero-order valence-corrected chi connectivity index (χ0v) is 24.1. The van der Waals surface area contributed by atoms with Crippen molar-refractivity contribution in [2.24, 2.45) is 5.92 Å². The minimum Gasteiger partial charge on any atom is -0.373 e. The highest BCUT2D eigenvalue weighted by Gasteiger charge is 2.28. The molecule has 4 heterocycles. The van der Waals surface area contributed by atoms with Gasteiger partial charge in [0.15, 0.2) is 0 Å². The second-order valence-electron chi connectivity index (χ2n) is 11.9. The van der Waals surface area contributed by atoms with Crippen LogP contribution < -0.4 is 15.5 Å². The lowest BCUT2D eigenvalue weighted by atomic mass is 10.0. The SMILES string of the molecule is Cc1cc(-c2ccnc(Nc3ccc(N4CCN(CC5CNC5)CC4)cc3)n2)ccc1CN1CC(OC(C)C)C1. The van der Waals surface area contributed by atoms with Crippen LogP contribution in [0.15, 0.2) is 54.7 Å². The van der Waals surface area contributed by atoms with Crippen LogP contribution in [-0.4, -0.2) is 90.9 Å². The third-order valence-corrected chi connectivity index (χ3v) is 8.32. The van der Waals surface area contributed by atoms with Gasteiger partial charge in [-0.15, -0.1) is 0 Å². The molecular formula is C32H43N7O. The minimum absolute atomic E-state index is 0.297. The molecule has 0 radical (unpaired) electrons. The number of nitrogens with zero attached hydrogens (tertiary/aromatic N) is 5. The largest absolute Gasteiger partial charge is 0.373 e. The normalized spacial score (nSPS) is 19.1. The van der Waals surface area contributed by atoms with Crippen molar-refractivity contribution in [2.45, 2.75) is 39.5 Å². The van der Waals surface area contributed by atoms with E-state index in [4.69, 9.17) is 9.72 Å². The van der Waals surface area contributed by atoms with Crippen molar-refractivity contribution < 1.29 is 4.74 Å². The predicted octanol–water partition coefficient (Wildman–Crippen LogP) is 4.15. The molecule has 8 heteroatoms. The number of hydrogen-bond acceptors (Lipinski definition) is 8. The summed E-state index contributed by atoms with van der Waals surface area (Å²) in [6, 6.07) is 17.3. The molecule has 3 aromatic rings. The number of likely N-dealkylation sites (tertiary alicyclic amines) is 1. The molecule has 6 rings (SSSR count). The molecular weight excluding hydrogens is 498 g/mol. The van der Waals surface area contributed by atoms with Gasteiger partial charge in [-0.2, -0.15) is 0 Å². The van der Waals surface area contributed by atoms with Gasteiger partial charge in [0, 0.05) is 88.6 Å². The fourth-order valence-corrected chi connectivity index (χ4v) is 5.89. The standard InChI is InChI=1S/C32H43N7O/c1-23(2)40-30-21-38(22-30)20-27-5-4-26(16-24(27)3)31-10-11-34-32(36-31)35-28-6-8-29(9-7-28)39-14-12-37(13-15-39)19-25-17-33-18-25/h4-11,16,23,25,30,33H,12-15,17-22H2,1-3H3,(H,34,35,36). The van der Waals surface area contributed by atoms with Crippen LogP contribution in [0.3, 0.4) is 0 Å². The van der Waals surface area contributed by atoms with Crippen LogP contribution in [0.1, 0.15) is 25.0 Å². The van der Waals surface area contributed by atoms with Gasteiger partial charge in [-0.05, 0) is 74.2 Å². The first kappa shape index (κ1) is 27.1. The van der Waals surface area contributed by atoms with Crippen LogP contribution in [0.5, 0.6) is 0 Å². The third-order valence-electron chi connectivity index (χ3n) is 8.32. The van der Waals surface area contributed by atoms with E-state index in [9.17, 15) is 0 Å². The van der Waals surface area contributed by atoms with Crippen LogP contribution in [0, 0.1) is 12.8 Å². The highest BCUT2D eigenvalue weighted by molar-refractivity contribution is 5.64. The monoisotopic (exact) mass is 541 g/mol. The maximum absolute atomic E-state index is 5.90. The number of nitrogens with one attached hydrogen (secondary N) is 2. The predicted molar refractivity (Wildman–Crippen MR) is 162 cm³/mol. The van der Waals surface area contributed by atoms with Gasteiger partial charge >= 0.3 is 0 Å². The summed E-state index contributed by atoms with van der Waals surface area (Å²) in [6.07, 6.45) is 2.50. The van der Waals surface area contributed by atoms with Crippen molar-refractivity contribution in [1.82, 2.24) is 25.1 Å². The first-order chi connectivity index (χ1) is 19.5. The molecule has 8 nitrogen and oxygen atoms in total. The van der Waals surface area contributed by atoms with Crippen molar-refractivity contribution >= 4 is 17.3 Å². The van der Waals surface area contributed by atoms with Crippen LogP contribution in [0.4, 0.5) is 17.3 Å². The van der Waals surface area contributed by atoms with Crippen LogP contribution >= 0.6 is 0 Å². The Bertz CT molecular complexity index is 1260. The Balaban J connectivity index is 1.03. The van der Waals surface area contributed by atoms with Crippen LogP contribution in [-0.2, 0) is 11.3 Å². The summed E-state index contributed by atoms with van der Waals surface area (Å²) < 4.78 is 5.90. The fourth-order valence-electron chi connectivity index (χ4n) is 5.89. The van der Waals surface area contributed by atoms with Crippen LogP contribution in [0.2, 0.25) is 0 Å². The molecule has 3 saturated heterocycles. The van der Waals surface area contributed by atoms with E-state index >= 15 is 0 Å². The van der Waals surface area contributed by atoms with Gasteiger partial charge in [-0.1, -0.05) is 12.1 Å². The molecule has 0 amide bonds. The van der Waals surface area contributed by atoms with E-state index in [0.717, 1.165) is 68.7 Å². The number of aryl methyl sites for hydroxylation is 1. The molecule has 0 saturated carbocycles. The van der Waals surface area contributed by atoms with Crippen molar-refractivity contribution in [3.05, 3.63) is 65.9 Å². The number of anilines is 3. The van der Waals surface area contributed by atoms with Crippen molar-refractivity contribution in [2.75, 3.05) is 69.1 Å². The minimum atomic E-state index is 0.297. The molecule has 3 fully saturated rings. The number of piperazine rings is 1. The van der Waals surface area contributed by atoms with Crippen molar-refractivity contribution in [3.8, 4) is 11.3 Å². The summed E-state index contributed by atoms with van der Waals surface area (Å²) in [4.78, 5) is 16.8. The Kier molecular flexibility index (Phi) is 8.30. The Morgan fingerprint density at radius 2 is 1.75 bits per heavy atom. The number of hydrogen-bond donors (Lipinski definition) is 2. The molecule has 2 N–H and O–H groups in total. The van der Waals surface area contributed by atoms with E-state index in [2.05, 4.69) is 93.6 Å². The van der Waals surface area contributed by atoms with Gasteiger partial charge in [0.25, 0.3) is 0 Å². The third kappa shape index (κ3) is 6.63. The molecule has 0 atom stereocenters. The molecule has 3 aliphatic rings. The molecule has 3 aliphatic heterocycles. The topological polar surface area (TPSA) is 68.8 Å². The van der Waals surface area contributed by atoms with E-state index in [0.29, 0.717) is 18.2 Å². The number of benzene rings is 2. The summed E-state index contributed by atoms with van der Waals surface area (Å²) >= 11 is 0. The first-order valence-electron chi connectivity index (χ1n) is 14.8. The Labute approximate surface area is 238 Å². The maximum Gasteiger partial charge on any atom is 0.227 e. The summed E-state index contributed by atoms with van der Waals surface area (Å²) in [6.45, 7) is 17.4. The summed E-state index contributed by atoms with van der Waals surface area (Å²) in [5, 5.41) is 6.78. The highest BCUT2D eigenvalue weighted by Crippen LogP contribution is 2.26. The van der Waals surface area contributed by atoms with Gasteiger partial charge < -0.3 is 20.3 Å². The Morgan fingerprint density at radius 1 is 0.975 bits per heavy atom. The average molecular weight is 542 g/mol. The van der Waals surface area contributed by atoms with Gasteiger partial charge in [-0.25, -0.2) is 9.97 Å². The van der Waals surface area contributed by atoms with E-state index < -0.39 is 0 Å². The summed E-state index contributed by atoms with van der Waals surface area (Å²) in [7, 11) is 0. The lowest BCUT2D eigenvalue weighted by Crippen LogP contribution is -2.53. The Morgan fingerprint density at radius 3 is 2.42 bits per heavy atom. The molecule has 212 valence electrons. The summed E-state index contributed by atoms with van der Waals surface area (Å²) in [5.41, 5.74) is 6.96. The molecule has 0 unspecified atom stereocenters. The lowest BCUT2D eigenvalue weighted by Gasteiger charge is -2.40. The van der Waals surface area contributed by atoms with Gasteiger partial charge in [0.2, 0.25) is 5.95 Å². The van der Waals surface area contributed by atoms with Gasteiger partial charge in [0.05, 0.1) is 17.9 Å². The smallest absolute Gasteiger partial charge is 0.227 e. The number of rotatable bonds is 10. The first-order valence-corrected chi connectivity index (χ1v) is 14.8. The Hall–Kier alpha value is -3.04. The second-order valence-corrected chi connectivity index (χ2v) is 11.9. The van der Waals surface area contributed by atoms with Crippen molar-refractivity contribution in [3.63, 3.8) is 0 Å². The van der Waals surface area contributed by atoms with Gasteiger partial charge in [-0.3, -0.25) is 9.80 Å². The molecule has 40 heavy (non-hydrogen) atoms. The number of ether oxygens (including phenoxy) is 1. The van der Waals surface area contributed by atoms with E-state index in [1.807, 2.05) is 12.3 Å². The zero-order chi connectivity index (χ0) is 27.5. The molecule has 0 spiro atoms.